The molecule has 0 aliphatic carbocycles. The SMILES string of the molecule is CCCCCc1cccc2c1CCC(OCC(C)(C)[C]=O)N2. The Labute approximate surface area is 134 Å². The first kappa shape index (κ1) is 17.0. The number of aryl methyl sites for hydroxylation is 1. The van der Waals surface area contributed by atoms with Crippen molar-refractivity contribution in [1.82, 2.24) is 0 Å². The van der Waals surface area contributed by atoms with Gasteiger partial charge in [0, 0.05) is 5.69 Å². The van der Waals surface area contributed by atoms with E-state index >= 15 is 0 Å². The van der Waals surface area contributed by atoms with E-state index in [9.17, 15) is 4.79 Å². The number of unbranched alkanes of at least 4 members (excludes halogenated alkanes) is 2. The first-order valence-corrected chi connectivity index (χ1v) is 8.44. The summed E-state index contributed by atoms with van der Waals surface area (Å²) in [5.74, 6) is 0. The van der Waals surface area contributed by atoms with Gasteiger partial charge in [-0.2, -0.15) is 0 Å². The van der Waals surface area contributed by atoms with E-state index in [4.69, 9.17) is 4.74 Å². The van der Waals surface area contributed by atoms with Gasteiger partial charge in [-0.05, 0) is 42.9 Å². The summed E-state index contributed by atoms with van der Waals surface area (Å²) < 4.78 is 5.86. The largest absolute Gasteiger partial charge is 0.360 e. The summed E-state index contributed by atoms with van der Waals surface area (Å²) in [6.07, 6.45) is 8.99. The zero-order valence-electron chi connectivity index (χ0n) is 14.1. The van der Waals surface area contributed by atoms with Gasteiger partial charge in [-0.15, -0.1) is 0 Å². The third kappa shape index (κ3) is 4.57. The van der Waals surface area contributed by atoms with Crippen LogP contribution in [0.3, 0.4) is 0 Å². The molecule has 0 saturated heterocycles. The van der Waals surface area contributed by atoms with Gasteiger partial charge in [0.2, 0.25) is 6.29 Å². The normalized spacial score (nSPS) is 17.7. The molecule has 1 atom stereocenters. The zero-order valence-corrected chi connectivity index (χ0v) is 14.1. The van der Waals surface area contributed by atoms with E-state index < -0.39 is 5.41 Å². The minimum atomic E-state index is -0.538. The molecule has 1 aromatic rings. The topological polar surface area (TPSA) is 38.3 Å². The number of ether oxygens (including phenoxy) is 1. The molecule has 0 saturated carbocycles. The molecule has 0 spiro atoms. The average molecular weight is 302 g/mol. The fourth-order valence-corrected chi connectivity index (χ4v) is 2.85. The molecule has 3 nitrogen and oxygen atoms in total. The van der Waals surface area contributed by atoms with Crippen LogP contribution in [0.1, 0.15) is 57.6 Å². The van der Waals surface area contributed by atoms with Crippen LogP contribution in [-0.4, -0.2) is 19.1 Å². The van der Waals surface area contributed by atoms with Crippen molar-refractivity contribution in [3.63, 3.8) is 0 Å². The minimum Gasteiger partial charge on any atom is -0.360 e. The molecule has 22 heavy (non-hydrogen) atoms. The van der Waals surface area contributed by atoms with Crippen molar-refractivity contribution in [2.75, 3.05) is 11.9 Å². The Balaban J connectivity index is 1.96. The average Bonchev–Trinajstić information content (AvgIpc) is 2.53. The smallest absolute Gasteiger partial charge is 0.206 e. The molecule has 0 amide bonds. The van der Waals surface area contributed by atoms with Gasteiger partial charge in [-0.1, -0.05) is 45.7 Å². The molecular formula is C19H28NO2. The Bertz CT molecular complexity index is 496. The van der Waals surface area contributed by atoms with E-state index in [1.54, 1.807) is 0 Å². The fourth-order valence-electron chi connectivity index (χ4n) is 2.85. The van der Waals surface area contributed by atoms with E-state index in [-0.39, 0.29) is 6.23 Å². The Kier molecular flexibility index (Phi) is 6.01. The standard InChI is InChI=1S/C19H28NO2/c1-4-5-6-8-15-9-7-10-17-16(15)11-12-18(20-17)22-14-19(2,3)13-21/h7,9-10,18,20H,4-6,8,11-12,14H2,1-3H3. The highest BCUT2D eigenvalue weighted by Gasteiger charge is 2.24. The lowest BCUT2D eigenvalue weighted by atomic mass is 9.93. The first-order valence-electron chi connectivity index (χ1n) is 8.44. The predicted molar refractivity (Wildman–Crippen MR) is 90.8 cm³/mol. The van der Waals surface area contributed by atoms with Gasteiger partial charge in [-0.3, -0.25) is 4.79 Å². The number of hydrogen-bond donors (Lipinski definition) is 1. The fraction of sp³-hybridized carbons (Fsp3) is 0.632. The molecule has 2 rings (SSSR count). The van der Waals surface area contributed by atoms with Gasteiger partial charge in [0.15, 0.2) is 0 Å². The van der Waals surface area contributed by atoms with Gasteiger partial charge >= 0.3 is 0 Å². The Hall–Kier alpha value is -1.35. The van der Waals surface area contributed by atoms with E-state index in [1.165, 1.54) is 36.1 Å². The first-order chi connectivity index (χ1) is 10.6. The van der Waals surface area contributed by atoms with Crippen molar-refractivity contribution in [2.24, 2.45) is 5.41 Å². The van der Waals surface area contributed by atoms with Gasteiger partial charge in [0.25, 0.3) is 0 Å². The van der Waals surface area contributed by atoms with E-state index in [0.29, 0.717) is 6.61 Å². The summed E-state index contributed by atoms with van der Waals surface area (Å²) in [6.45, 7) is 6.34. The third-order valence-corrected chi connectivity index (χ3v) is 4.22. The van der Waals surface area contributed by atoms with Gasteiger partial charge in [-0.25, -0.2) is 0 Å². The third-order valence-electron chi connectivity index (χ3n) is 4.22. The molecule has 1 unspecified atom stereocenters. The lowest BCUT2D eigenvalue weighted by Crippen LogP contribution is -2.33. The maximum atomic E-state index is 10.8. The predicted octanol–water partition coefficient (Wildman–Crippen LogP) is 4.26. The number of benzene rings is 1. The molecule has 0 bridgehead atoms. The van der Waals surface area contributed by atoms with E-state index in [0.717, 1.165) is 19.3 Å². The van der Waals surface area contributed by atoms with Crippen LogP contribution in [0, 0.1) is 5.41 Å². The van der Waals surface area contributed by atoms with Crippen LogP contribution >= 0.6 is 0 Å². The number of nitrogens with one attached hydrogen (secondary N) is 1. The van der Waals surface area contributed by atoms with Crippen LogP contribution in [-0.2, 0) is 22.4 Å². The van der Waals surface area contributed by atoms with Gasteiger partial charge in [0.1, 0.15) is 6.23 Å². The summed E-state index contributed by atoms with van der Waals surface area (Å²) in [5, 5.41) is 3.47. The van der Waals surface area contributed by atoms with Crippen LogP contribution in [0.15, 0.2) is 18.2 Å². The highest BCUT2D eigenvalue weighted by Crippen LogP contribution is 2.29. The van der Waals surface area contributed by atoms with Crippen molar-refractivity contribution in [3.05, 3.63) is 29.3 Å². The molecule has 3 heteroatoms. The number of anilines is 1. The van der Waals surface area contributed by atoms with Crippen LogP contribution in [0.25, 0.3) is 0 Å². The lowest BCUT2D eigenvalue weighted by molar-refractivity contribution is 0.0316. The molecule has 1 aliphatic heterocycles. The van der Waals surface area contributed by atoms with Gasteiger partial charge in [0.05, 0.1) is 12.0 Å². The Morgan fingerprint density at radius 3 is 2.91 bits per heavy atom. The van der Waals surface area contributed by atoms with Crippen LogP contribution in [0.4, 0.5) is 5.69 Å². The number of carbonyl (C=O) groups excluding carboxylic acids is 1. The molecule has 121 valence electrons. The maximum Gasteiger partial charge on any atom is 0.206 e. The number of rotatable bonds is 8. The minimum absolute atomic E-state index is 0.00832. The second-order valence-corrected chi connectivity index (χ2v) is 6.87. The second-order valence-electron chi connectivity index (χ2n) is 6.87. The summed E-state index contributed by atoms with van der Waals surface area (Å²) in [6, 6.07) is 6.51. The molecule has 1 aliphatic rings. The van der Waals surface area contributed by atoms with Gasteiger partial charge < -0.3 is 10.1 Å². The summed E-state index contributed by atoms with van der Waals surface area (Å²) in [4.78, 5) is 10.8. The van der Waals surface area contributed by atoms with Crippen molar-refractivity contribution in [2.45, 2.75) is 65.5 Å². The summed E-state index contributed by atoms with van der Waals surface area (Å²) in [7, 11) is 0. The molecule has 1 aromatic carbocycles. The quantitative estimate of drug-likeness (QED) is 0.729. The molecular weight excluding hydrogens is 274 g/mol. The Morgan fingerprint density at radius 2 is 2.18 bits per heavy atom. The highest BCUT2D eigenvalue weighted by molar-refractivity contribution is 5.59. The van der Waals surface area contributed by atoms with Crippen LogP contribution in [0.2, 0.25) is 0 Å². The summed E-state index contributed by atoms with van der Waals surface area (Å²) in [5.41, 5.74) is 3.57. The summed E-state index contributed by atoms with van der Waals surface area (Å²) >= 11 is 0. The maximum absolute atomic E-state index is 10.8. The molecule has 1 N–H and O–H groups in total. The van der Waals surface area contributed by atoms with Crippen LogP contribution in [0.5, 0.6) is 0 Å². The molecule has 0 fully saturated rings. The van der Waals surface area contributed by atoms with Crippen molar-refractivity contribution in [3.8, 4) is 0 Å². The van der Waals surface area contributed by atoms with Crippen molar-refractivity contribution in [1.29, 1.82) is 0 Å². The van der Waals surface area contributed by atoms with E-state index in [1.807, 2.05) is 20.1 Å². The molecule has 0 aromatic heterocycles. The monoisotopic (exact) mass is 302 g/mol. The Morgan fingerprint density at radius 1 is 1.36 bits per heavy atom. The van der Waals surface area contributed by atoms with Crippen LogP contribution < -0.4 is 5.32 Å². The van der Waals surface area contributed by atoms with E-state index in [2.05, 4.69) is 30.4 Å². The zero-order chi connectivity index (χ0) is 16.0. The molecule has 1 radical (unpaired) electrons. The molecule has 1 heterocycles. The lowest BCUT2D eigenvalue weighted by Gasteiger charge is -2.30. The van der Waals surface area contributed by atoms with Crippen molar-refractivity contribution < 1.29 is 9.53 Å². The number of hydrogen-bond acceptors (Lipinski definition) is 3. The second kappa shape index (κ2) is 7.77. The highest BCUT2D eigenvalue weighted by atomic mass is 16.5. The number of fused-ring (bicyclic) bond motifs is 1. The van der Waals surface area contributed by atoms with Crippen molar-refractivity contribution >= 4 is 12.0 Å².